The van der Waals surface area contributed by atoms with Crippen LogP contribution in [-0.2, 0) is 4.74 Å². The van der Waals surface area contributed by atoms with Gasteiger partial charge in [-0.1, -0.05) is 0 Å². The van der Waals surface area contributed by atoms with Gasteiger partial charge in [0.25, 0.3) is 0 Å². The molecule has 5 heteroatoms. The number of alkyl carbamates (subject to hydrolysis) is 1. The highest BCUT2D eigenvalue weighted by atomic mass is 16.6. The number of aliphatic hydroxyl groups is 1. The van der Waals surface area contributed by atoms with Crippen molar-refractivity contribution in [2.75, 3.05) is 13.1 Å². The first-order valence-electron chi connectivity index (χ1n) is 7.25. The van der Waals surface area contributed by atoms with Gasteiger partial charge in [-0.3, -0.25) is 0 Å². The number of ether oxygens (including phenoxy) is 1. The summed E-state index contributed by atoms with van der Waals surface area (Å²) in [5, 5.41) is 12.3. The van der Waals surface area contributed by atoms with Crippen LogP contribution in [0.4, 0.5) is 4.79 Å². The van der Waals surface area contributed by atoms with Crippen molar-refractivity contribution in [1.29, 1.82) is 0 Å². The molecule has 0 radical (unpaired) electrons. The number of rotatable bonds is 2. The molecule has 0 bridgehead atoms. The Hall–Kier alpha value is -0.810. The Morgan fingerprint density at radius 2 is 1.84 bits per heavy atom. The maximum absolute atomic E-state index is 11.7. The van der Waals surface area contributed by atoms with E-state index in [2.05, 4.69) is 10.2 Å². The molecule has 19 heavy (non-hydrogen) atoms. The molecule has 1 aliphatic carbocycles. The Morgan fingerprint density at radius 1 is 1.26 bits per heavy atom. The maximum atomic E-state index is 11.7. The first kappa shape index (κ1) is 14.6. The van der Waals surface area contributed by atoms with Gasteiger partial charge in [0.05, 0.1) is 6.10 Å². The van der Waals surface area contributed by atoms with Crippen LogP contribution in [0.15, 0.2) is 0 Å². The van der Waals surface area contributed by atoms with Crippen LogP contribution in [0.25, 0.3) is 0 Å². The summed E-state index contributed by atoms with van der Waals surface area (Å²) in [4.78, 5) is 14.1. The van der Waals surface area contributed by atoms with Crippen molar-refractivity contribution in [3.05, 3.63) is 0 Å². The molecule has 1 aliphatic heterocycles. The fourth-order valence-corrected chi connectivity index (χ4v) is 2.74. The minimum absolute atomic E-state index is 0.0948. The summed E-state index contributed by atoms with van der Waals surface area (Å²) in [6.07, 6.45) is 3.33. The zero-order chi connectivity index (χ0) is 14.0. The van der Waals surface area contributed by atoms with Gasteiger partial charge >= 0.3 is 6.09 Å². The number of hydrogen-bond donors (Lipinski definition) is 2. The Balaban J connectivity index is 1.67. The number of carbonyl (C=O) groups is 1. The van der Waals surface area contributed by atoms with E-state index >= 15 is 0 Å². The predicted molar refractivity (Wildman–Crippen MR) is 73.0 cm³/mol. The van der Waals surface area contributed by atoms with Crippen LogP contribution in [0, 0.1) is 0 Å². The molecule has 2 fully saturated rings. The molecule has 1 saturated heterocycles. The van der Waals surface area contributed by atoms with Crippen molar-refractivity contribution in [3.8, 4) is 0 Å². The van der Waals surface area contributed by atoms with Crippen molar-refractivity contribution in [2.45, 2.75) is 70.2 Å². The van der Waals surface area contributed by atoms with Gasteiger partial charge in [0, 0.05) is 25.2 Å². The predicted octanol–water partition coefficient (Wildman–Crippen LogP) is 1.50. The first-order valence-corrected chi connectivity index (χ1v) is 7.25. The summed E-state index contributed by atoms with van der Waals surface area (Å²) in [7, 11) is 0. The number of carbonyl (C=O) groups excluding carboxylic acids is 1. The van der Waals surface area contributed by atoms with Gasteiger partial charge in [-0.15, -0.1) is 0 Å². The SMILES string of the molecule is CC(C)(C)OC(=O)NC1CCN(C2CC(O)C2)CC1. The van der Waals surface area contributed by atoms with E-state index in [4.69, 9.17) is 4.74 Å². The van der Waals surface area contributed by atoms with Crippen LogP contribution in [0.1, 0.15) is 46.5 Å². The molecule has 110 valence electrons. The van der Waals surface area contributed by atoms with Crippen LogP contribution in [0.3, 0.4) is 0 Å². The van der Waals surface area contributed by atoms with Crippen LogP contribution < -0.4 is 5.32 Å². The van der Waals surface area contributed by atoms with Crippen LogP contribution >= 0.6 is 0 Å². The lowest BCUT2D eigenvalue weighted by molar-refractivity contribution is -0.00954. The maximum Gasteiger partial charge on any atom is 0.407 e. The smallest absolute Gasteiger partial charge is 0.407 e. The molecule has 1 heterocycles. The standard InChI is InChI=1S/C14H26N2O3/c1-14(2,3)19-13(18)15-10-4-6-16(7-5-10)11-8-12(17)9-11/h10-12,17H,4-9H2,1-3H3,(H,15,18). The van der Waals surface area contributed by atoms with E-state index in [1.807, 2.05) is 20.8 Å². The molecule has 0 aromatic rings. The molecule has 0 unspecified atom stereocenters. The second kappa shape index (κ2) is 5.67. The molecular formula is C14H26N2O3. The van der Waals surface area contributed by atoms with Gasteiger partial charge in [-0.25, -0.2) is 4.79 Å². The second-order valence-electron chi connectivity index (χ2n) is 6.74. The van der Waals surface area contributed by atoms with Crippen molar-refractivity contribution in [2.24, 2.45) is 0 Å². The van der Waals surface area contributed by atoms with Crippen LogP contribution in [-0.4, -0.2) is 53.0 Å². The minimum atomic E-state index is -0.438. The molecule has 0 spiro atoms. The Labute approximate surface area is 115 Å². The lowest BCUT2D eigenvalue weighted by Crippen LogP contribution is -2.53. The molecule has 5 nitrogen and oxygen atoms in total. The molecule has 0 aromatic carbocycles. The largest absolute Gasteiger partial charge is 0.444 e. The zero-order valence-corrected chi connectivity index (χ0v) is 12.2. The molecule has 2 rings (SSSR count). The van der Waals surface area contributed by atoms with Gasteiger partial charge in [-0.05, 0) is 46.5 Å². The molecule has 2 N–H and O–H groups in total. The first-order chi connectivity index (χ1) is 8.83. The minimum Gasteiger partial charge on any atom is -0.444 e. The average molecular weight is 270 g/mol. The normalized spacial score (nSPS) is 29.7. The highest BCUT2D eigenvalue weighted by Gasteiger charge is 2.34. The number of aliphatic hydroxyl groups excluding tert-OH is 1. The van der Waals surface area contributed by atoms with Crippen molar-refractivity contribution in [1.82, 2.24) is 10.2 Å². The zero-order valence-electron chi connectivity index (χ0n) is 12.2. The summed E-state index contributed by atoms with van der Waals surface area (Å²) < 4.78 is 5.26. The third-order valence-corrected chi connectivity index (χ3v) is 3.86. The van der Waals surface area contributed by atoms with Gasteiger partial charge in [0.2, 0.25) is 0 Å². The quantitative estimate of drug-likeness (QED) is 0.798. The molecule has 0 atom stereocenters. The summed E-state index contributed by atoms with van der Waals surface area (Å²) in [6.45, 7) is 7.61. The number of hydrogen-bond acceptors (Lipinski definition) is 4. The summed E-state index contributed by atoms with van der Waals surface area (Å²) in [5.74, 6) is 0. The van der Waals surface area contributed by atoms with E-state index in [-0.39, 0.29) is 18.2 Å². The molecule has 0 aromatic heterocycles. The Morgan fingerprint density at radius 3 is 2.32 bits per heavy atom. The monoisotopic (exact) mass is 270 g/mol. The van der Waals surface area contributed by atoms with E-state index in [1.54, 1.807) is 0 Å². The van der Waals surface area contributed by atoms with Gasteiger partial charge in [0.1, 0.15) is 5.60 Å². The molecule has 2 aliphatic rings. The van der Waals surface area contributed by atoms with E-state index in [1.165, 1.54) is 0 Å². The molecule has 1 saturated carbocycles. The van der Waals surface area contributed by atoms with E-state index in [0.29, 0.717) is 6.04 Å². The number of piperidine rings is 1. The number of likely N-dealkylation sites (tertiary alicyclic amines) is 1. The molecular weight excluding hydrogens is 244 g/mol. The summed E-state index contributed by atoms with van der Waals surface area (Å²) >= 11 is 0. The Kier molecular flexibility index (Phi) is 4.36. The topological polar surface area (TPSA) is 61.8 Å². The fourth-order valence-electron chi connectivity index (χ4n) is 2.74. The van der Waals surface area contributed by atoms with E-state index in [0.717, 1.165) is 38.8 Å². The number of nitrogens with zero attached hydrogens (tertiary/aromatic N) is 1. The van der Waals surface area contributed by atoms with Gasteiger partial charge in [-0.2, -0.15) is 0 Å². The van der Waals surface area contributed by atoms with Gasteiger partial charge < -0.3 is 20.1 Å². The number of amides is 1. The highest BCUT2D eigenvalue weighted by Crippen LogP contribution is 2.28. The van der Waals surface area contributed by atoms with Crippen molar-refractivity contribution >= 4 is 6.09 Å². The van der Waals surface area contributed by atoms with Crippen molar-refractivity contribution < 1.29 is 14.6 Å². The highest BCUT2D eigenvalue weighted by molar-refractivity contribution is 5.68. The molecule has 1 amide bonds. The van der Waals surface area contributed by atoms with E-state index in [9.17, 15) is 9.90 Å². The lowest BCUT2D eigenvalue weighted by atomic mass is 9.86. The summed E-state index contributed by atoms with van der Waals surface area (Å²) in [6, 6.07) is 0.772. The van der Waals surface area contributed by atoms with Crippen LogP contribution in [0.2, 0.25) is 0 Å². The lowest BCUT2D eigenvalue weighted by Gasteiger charge is -2.44. The summed E-state index contributed by atoms with van der Waals surface area (Å²) in [5.41, 5.74) is -0.438. The van der Waals surface area contributed by atoms with Crippen molar-refractivity contribution in [3.63, 3.8) is 0 Å². The van der Waals surface area contributed by atoms with Crippen LogP contribution in [0.5, 0.6) is 0 Å². The third kappa shape index (κ3) is 4.35. The third-order valence-electron chi connectivity index (χ3n) is 3.86. The average Bonchev–Trinajstić information content (AvgIpc) is 2.23. The Bertz CT molecular complexity index is 313. The fraction of sp³-hybridized carbons (Fsp3) is 0.929. The number of nitrogens with one attached hydrogen (secondary N) is 1. The van der Waals surface area contributed by atoms with Gasteiger partial charge in [0.15, 0.2) is 0 Å². The second-order valence-corrected chi connectivity index (χ2v) is 6.74. The van der Waals surface area contributed by atoms with E-state index < -0.39 is 5.60 Å².